The molecule has 1 amide bonds. The van der Waals surface area contributed by atoms with E-state index in [9.17, 15) is 9.59 Å². The number of hydrogen-bond donors (Lipinski definition) is 2. The van der Waals surface area contributed by atoms with Gasteiger partial charge in [-0.1, -0.05) is 19.9 Å². The Kier molecular flexibility index (Phi) is 4.51. The van der Waals surface area contributed by atoms with Gasteiger partial charge in [0, 0.05) is 13.5 Å². The number of fused-ring (bicyclic) bond motifs is 1. The lowest BCUT2D eigenvalue weighted by Crippen LogP contribution is -2.18. The fourth-order valence-corrected chi connectivity index (χ4v) is 1.34. The van der Waals surface area contributed by atoms with Crippen molar-refractivity contribution in [2.75, 3.05) is 0 Å². The van der Waals surface area contributed by atoms with E-state index in [1.807, 2.05) is 13.8 Å². The highest BCUT2D eigenvalue weighted by molar-refractivity contribution is 5.74. The van der Waals surface area contributed by atoms with Gasteiger partial charge in [0.2, 0.25) is 5.91 Å². The molecule has 1 aromatic carbocycles. The summed E-state index contributed by atoms with van der Waals surface area (Å²) in [6.07, 6.45) is 0. The zero-order chi connectivity index (χ0) is 12.8. The molecule has 0 radical (unpaired) electrons. The molecule has 2 aromatic rings. The summed E-state index contributed by atoms with van der Waals surface area (Å²) >= 11 is 0. The van der Waals surface area contributed by atoms with Crippen LogP contribution in [0.2, 0.25) is 0 Å². The molecule has 92 valence electrons. The van der Waals surface area contributed by atoms with Gasteiger partial charge in [-0.05, 0) is 17.7 Å². The number of H-pyrrole nitrogens is 1. The first-order chi connectivity index (χ1) is 8.15. The van der Waals surface area contributed by atoms with Gasteiger partial charge in [0.05, 0.1) is 5.52 Å². The van der Waals surface area contributed by atoms with Gasteiger partial charge in [0.1, 0.15) is 0 Å². The smallest absolute Gasteiger partial charge is 0.408 e. The maximum atomic E-state index is 10.9. The summed E-state index contributed by atoms with van der Waals surface area (Å²) in [6.45, 7) is 5.90. The van der Waals surface area contributed by atoms with Crippen molar-refractivity contribution in [2.24, 2.45) is 0 Å². The van der Waals surface area contributed by atoms with Crippen LogP contribution in [-0.4, -0.2) is 10.9 Å². The molecule has 0 aliphatic heterocycles. The monoisotopic (exact) mass is 236 g/mol. The molecule has 1 heterocycles. The molecule has 0 spiro atoms. The Labute approximate surface area is 98.8 Å². The third-order valence-corrected chi connectivity index (χ3v) is 2.02. The van der Waals surface area contributed by atoms with Gasteiger partial charge >= 0.3 is 5.76 Å². The largest absolute Gasteiger partial charge is 0.417 e. The third-order valence-electron chi connectivity index (χ3n) is 2.02. The summed E-state index contributed by atoms with van der Waals surface area (Å²) in [6, 6.07) is 5.27. The second-order valence-electron chi connectivity index (χ2n) is 3.25. The van der Waals surface area contributed by atoms with E-state index in [0.29, 0.717) is 17.6 Å². The van der Waals surface area contributed by atoms with Gasteiger partial charge < -0.3 is 9.73 Å². The predicted molar refractivity (Wildman–Crippen MR) is 65.7 cm³/mol. The molecule has 0 atom stereocenters. The molecule has 0 aliphatic rings. The molecule has 0 saturated carbocycles. The second kappa shape index (κ2) is 5.89. The topological polar surface area (TPSA) is 75.1 Å². The van der Waals surface area contributed by atoms with E-state index in [0.717, 1.165) is 5.56 Å². The fourth-order valence-electron chi connectivity index (χ4n) is 1.34. The average Bonchev–Trinajstić information content (AvgIpc) is 2.68. The summed E-state index contributed by atoms with van der Waals surface area (Å²) < 4.78 is 4.85. The van der Waals surface area contributed by atoms with E-state index < -0.39 is 5.76 Å². The van der Waals surface area contributed by atoms with Crippen LogP contribution in [-0.2, 0) is 11.3 Å². The number of aromatic amines is 1. The van der Waals surface area contributed by atoms with Crippen LogP contribution >= 0.6 is 0 Å². The lowest BCUT2D eigenvalue weighted by atomic mass is 10.2. The number of rotatable bonds is 2. The lowest BCUT2D eigenvalue weighted by Gasteiger charge is -2.01. The summed E-state index contributed by atoms with van der Waals surface area (Å²) in [5.74, 6) is -0.558. The van der Waals surface area contributed by atoms with E-state index in [1.54, 1.807) is 18.2 Å². The summed E-state index contributed by atoms with van der Waals surface area (Å²) in [5, 5.41) is 2.67. The van der Waals surface area contributed by atoms with E-state index in [1.165, 1.54) is 6.92 Å². The van der Waals surface area contributed by atoms with Crippen molar-refractivity contribution in [3.05, 3.63) is 34.3 Å². The quantitative estimate of drug-likeness (QED) is 0.834. The zero-order valence-corrected chi connectivity index (χ0v) is 10.2. The number of hydrogen-bond acceptors (Lipinski definition) is 3. The Balaban J connectivity index is 0.000000686. The molecule has 2 rings (SSSR count). The molecular formula is C12H16N2O3. The van der Waals surface area contributed by atoms with Gasteiger partial charge in [-0.2, -0.15) is 0 Å². The number of aromatic nitrogens is 1. The van der Waals surface area contributed by atoms with Crippen LogP contribution in [0.1, 0.15) is 26.3 Å². The highest BCUT2D eigenvalue weighted by atomic mass is 16.4. The molecule has 0 bridgehead atoms. The predicted octanol–water partition coefficient (Wildman–Crippen LogP) is 1.78. The van der Waals surface area contributed by atoms with Gasteiger partial charge in [0.25, 0.3) is 0 Å². The highest BCUT2D eigenvalue weighted by Crippen LogP contribution is 2.11. The summed E-state index contributed by atoms with van der Waals surface area (Å²) in [7, 11) is 0. The maximum absolute atomic E-state index is 10.9. The molecular weight excluding hydrogens is 220 g/mol. The Morgan fingerprint density at radius 2 is 2.12 bits per heavy atom. The first kappa shape index (κ1) is 13.0. The lowest BCUT2D eigenvalue weighted by molar-refractivity contribution is -0.119. The second-order valence-corrected chi connectivity index (χ2v) is 3.25. The molecule has 17 heavy (non-hydrogen) atoms. The highest BCUT2D eigenvalue weighted by Gasteiger charge is 2.02. The van der Waals surface area contributed by atoms with Gasteiger partial charge in [-0.15, -0.1) is 0 Å². The number of oxazole rings is 1. The number of carbonyl (C=O) groups is 1. The van der Waals surface area contributed by atoms with Crippen LogP contribution in [0, 0.1) is 0 Å². The fraction of sp³-hybridized carbons (Fsp3) is 0.333. The molecule has 1 aromatic heterocycles. The maximum Gasteiger partial charge on any atom is 0.417 e. The van der Waals surface area contributed by atoms with Crippen molar-refractivity contribution in [1.82, 2.24) is 10.3 Å². The molecule has 2 N–H and O–H groups in total. The summed E-state index contributed by atoms with van der Waals surface area (Å²) in [5.41, 5.74) is 2.07. The van der Waals surface area contributed by atoms with Crippen LogP contribution in [0.15, 0.2) is 27.4 Å². The van der Waals surface area contributed by atoms with Crippen LogP contribution in [0.4, 0.5) is 0 Å². The number of carbonyl (C=O) groups excluding carboxylic acids is 1. The molecule has 0 unspecified atom stereocenters. The van der Waals surface area contributed by atoms with Gasteiger partial charge in [-0.25, -0.2) is 4.79 Å². The number of amides is 1. The van der Waals surface area contributed by atoms with E-state index in [4.69, 9.17) is 4.42 Å². The van der Waals surface area contributed by atoms with E-state index in [-0.39, 0.29) is 5.91 Å². The average molecular weight is 236 g/mol. The molecule has 0 aliphatic carbocycles. The summed E-state index contributed by atoms with van der Waals surface area (Å²) in [4.78, 5) is 24.1. The van der Waals surface area contributed by atoms with Crippen molar-refractivity contribution in [1.29, 1.82) is 0 Å². The van der Waals surface area contributed by atoms with Crippen LogP contribution < -0.4 is 11.1 Å². The van der Waals surface area contributed by atoms with Crippen molar-refractivity contribution in [3.8, 4) is 0 Å². The minimum Gasteiger partial charge on any atom is -0.408 e. The van der Waals surface area contributed by atoms with Crippen molar-refractivity contribution in [3.63, 3.8) is 0 Å². The number of benzene rings is 1. The van der Waals surface area contributed by atoms with Gasteiger partial charge in [0.15, 0.2) is 5.58 Å². The zero-order valence-electron chi connectivity index (χ0n) is 10.2. The van der Waals surface area contributed by atoms with Crippen LogP contribution in [0.3, 0.4) is 0 Å². The van der Waals surface area contributed by atoms with Crippen LogP contribution in [0.5, 0.6) is 0 Å². The minimum atomic E-state index is -0.471. The molecule has 5 nitrogen and oxygen atoms in total. The molecule has 5 heteroatoms. The molecule has 0 saturated heterocycles. The number of nitrogens with one attached hydrogen (secondary N) is 2. The normalized spacial score (nSPS) is 9.59. The SMILES string of the molecule is CC.CC(=O)NCc1ccc2oc(=O)[nH]c2c1. The Bertz CT molecular complexity index is 554. The van der Waals surface area contributed by atoms with Gasteiger partial charge in [-0.3, -0.25) is 9.78 Å². The van der Waals surface area contributed by atoms with Crippen molar-refractivity contribution >= 4 is 17.0 Å². The van der Waals surface area contributed by atoms with E-state index >= 15 is 0 Å². The first-order valence-corrected chi connectivity index (χ1v) is 5.51. The van der Waals surface area contributed by atoms with Crippen LogP contribution in [0.25, 0.3) is 11.1 Å². The Hall–Kier alpha value is -2.04. The first-order valence-electron chi connectivity index (χ1n) is 5.51. The molecule has 0 fully saturated rings. The Morgan fingerprint density at radius 1 is 1.41 bits per heavy atom. The van der Waals surface area contributed by atoms with E-state index in [2.05, 4.69) is 10.3 Å². The minimum absolute atomic E-state index is 0.0872. The van der Waals surface area contributed by atoms with Crippen molar-refractivity contribution in [2.45, 2.75) is 27.3 Å². The Morgan fingerprint density at radius 3 is 2.76 bits per heavy atom. The van der Waals surface area contributed by atoms with Crippen molar-refractivity contribution < 1.29 is 9.21 Å². The standard InChI is InChI=1S/C10H10N2O3.C2H6/c1-6(13)11-5-7-2-3-9-8(4-7)12-10(14)15-9;1-2/h2-4H,5H2,1H3,(H,11,13)(H,12,14);1-2H3. The third kappa shape index (κ3) is 3.48.